The van der Waals surface area contributed by atoms with Gasteiger partial charge in [-0.05, 0) is 12.1 Å². The molecule has 6 heteroatoms. The molecule has 0 aliphatic heterocycles. The maximum absolute atomic E-state index is 12.7. The number of rotatable bonds is 3. The van der Waals surface area contributed by atoms with Crippen molar-refractivity contribution in [2.75, 3.05) is 7.11 Å². The first kappa shape index (κ1) is 11.1. The van der Waals surface area contributed by atoms with Gasteiger partial charge in [0.25, 0.3) is 0 Å². The fraction of sp³-hybridized carbons (Fsp3) is 0.0909. The van der Waals surface area contributed by atoms with Crippen LogP contribution in [-0.4, -0.2) is 27.8 Å². The number of carbonyl (C=O) groups excluding carboxylic acids is 1. The average molecular weight is 233 g/mol. The molecule has 2 aromatic heterocycles. The fourth-order valence-electron chi connectivity index (χ4n) is 1.26. The number of halogens is 1. The molecule has 2 aromatic rings. The molecular weight excluding hydrogens is 225 g/mol. The highest BCUT2D eigenvalue weighted by molar-refractivity contribution is 6.07. The van der Waals surface area contributed by atoms with Crippen LogP contribution in [0.1, 0.15) is 16.2 Å². The van der Waals surface area contributed by atoms with Gasteiger partial charge < -0.3 is 4.74 Å². The van der Waals surface area contributed by atoms with Gasteiger partial charge in [-0.15, -0.1) is 0 Å². The molecule has 0 amide bonds. The van der Waals surface area contributed by atoms with Crippen LogP contribution in [0.5, 0.6) is 5.88 Å². The summed E-state index contributed by atoms with van der Waals surface area (Å²) in [5, 5.41) is 0. The standard InChI is InChI=1S/C11H8FN3O2/c1-17-11-9(13-4-5-14-11)10(16)8-3-2-7(12)6-15-8/h2-6H,1H3. The molecule has 5 nitrogen and oxygen atoms in total. The quantitative estimate of drug-likeness (QED) is 0.746. The fourth-order valence-corrected chi connectivity index (χ4v) is 1.26. The molecule has 0 saturated heterocycles. The van der Waals surface area contributed by atoms with Gasteiger partial charge in [0.2, 0.25) is 11.7 Å². The summed E-state index contributed by atoms with van der Waals surface area (Å²) >= 11 is 0. The number of nitrogens with zero attached hydrogens (tertiary/aromatic N) is 3. The predicted octanol–water partition coefficient (Wildman–Crippen LogP) is 1.25. The van der Waals surface area contributed by atoms with Crippen LogP contribution in [0.2, 0.25) is 0 Å². The summed E-state index contributed by atoms with van der Waals surface area (Å²) in [5.41, 5.74) is 0.138. The number of hydrogen-bond donors (Lipinski definition) is 0. The highest BCUT2D eigenvalue weighted by Gasteiger charge is 2.17. The summed E-state index contributed by atoms with van der Waals surface area (Å²) in [4.78, 5) is 23.4. The average Bonchev–Trinajstić information content (AvgIpc) is 2.39. The Bertz CT molecular complexity index is 543. The smallest absolute Gasteiger partial charge is 0.243 e. The molecule has 0 atom stereocenters. The number of hydrogen-bond acceptors (Lipinski definition) is 5. The number of carbonyl (C=O) groups is 1. The molecule has 86 valence electrons. The molecule has 2 rings (SSSR count). The van der Waals surface area contributed by atoms with Crippen molar-refractivity contribution in [2.24, 2.45) is 0 Å². The largest absolute Gasteiger partial charge is 0.479 e. The third kappa shape index (κ3) is 2.25. The maximum atomic E-state index is 12.7. The van der Waals surface area contributed by atoms with Crippen LogP contribution in [0.15, 0.2) is 30.7 Å². The van der Waals surface area contributed by atoms with Crippen molar-refractivity contribution in [1.29, 1.82) is 0 Å². The van der Waals surface area contributed by atoms with Crippen molar-refractivity contribution in [2.45, 2.75) is 0 Å². The Morgan fingerprint density at radius 1 is 1.24 bits per heavy atom. The minimum Gasteiger partial charge on any atom is -0.479 e. The summed E-state index contributed by atoms with van der Waals surface area (Å²) in [7, 11) is 1.39. The molecular formula is C11H8FN3O2. The van der Waals surface area contributed by atoms with Gasteiger partial charge in [0.1, 0.15) is 11.5 Å². The third-order valence-electron chi connectivity index (χ3n) is 2.03. The Hall–Kier alpha value is -2.37. The van der Waals surface area contributed by atoms with Crippen LogP contribution >= 0.6 is 0 Å². The number of ether oxygens (including phenoxy) is 1. The first-order valence-electron chi connectivity index (χ1n) is 4.73. The lowest BCUT2D eigenvalue weighted by Crippen LogP contribution is -2.09. The normalized spacial score (nSPS) is 10.0. The van der Waals surface area contributed by atoms with Crippen LogP contribution in [0.25, 0.3) is 0 Å². The lowest BCUT2D eigenvalue weighted by atomic mass is 10.2. The zero-order valence-electron chi connectivity index (χ0n) is 8.92. The Morgan fingerprint density at radius 2 is 2.00 bits per heavy atom. The van der Waals surface area contributed by atoms with Crippen LogP contribution in [-0.2, 0) is 0 Å². The Morgan fingerprint density at radius 3 is 2.65 bits per heavy atom. The van der Waals surface area contributed by atoms with Crippen molar-refractivity contribution >= 4 is 5.78 Å². The summed E-state index contributed by atoms with van der Waals surface area (Å²) < 4.78 is 17.6. The highest BCUT2D eigenvalue weighted by atomic mass is 19.1. The van der Waals surface area contributed by atoms with Crippen LogP contribution in [0, 0.1) is 5.82 Å². The zero-order valence-corrected chi connectivity index (χ0v) is 8.92. The Balaban J connectivity index is 2.40. The summed E-state index contributed by atoms with van der Waals surface area (Å²) in [6, 6.07) is 2.44. The van der Waals surface area contributed by atoms with Crippen molar-refractivity contribution < 1.29 is 13.9 Å². The van der Waals surface area contributed by atoms with Gasteiger partial charge in [0.15, 0.2) is 5.69 Å². The Labute approximate surface area is 96.3 Å². The van der Waals surface area contributed by atoms with E-state index in [1.165, 1.54) is 25.6 Å². The van der Waals surface area contributed by atoms with Gasteiger partial charge in [-0.3, -0.25) is 4.79 Å². The SMILES string of the molecule is COc1nccnc1C(=O)c1ccc(F)cn1. The highest BCUT2D eigenvalue weighted by Crippen LogP contribution is 2.14. The van der Waals surface area contributed by atoms with Crippen molar-refractivity contribution in [3.8, 4) is 5.88 Å². The van der Waals surface area contributed by atoms with E-state index in [2.05, 4.69) is 15.0 Å². The van der Waals surface area contributed by atoms with Crippen molar-refractivity contribution in [3.63, 3.8) is 0 Å². The predicted molar refractivity (Wildman–Crippen MR) is 56.2 cm³/mol. The first-order valence-corrected chi connectivity index (χ1v) is 4.73. The van der Waals surface area contributed by atoms with Gasteiger partial charge in [-0.25, -0.2) is 19.3 Å². The monoisotopic (exact) mass is 233 g/mol. The zero-order chi connectivity index (χ0) is 12.3. The third-order valence-corrected chi connectivity index (χ3v) is 2.03. The van der Waals surface area contributed by atoms with Crippen molar-refractivity contribution in [1.82, 2.24) is 15.0 Å². The lowest BCUT2D eigenvalue weighted by molar-refractivity contribution is 0.102. The second kappa shape index (κ2) is 4.65. The molecule has 0 fully saturated rings. The minimum absolute atomic E-state index is 0.0501. The molecule has 0 saturated carbocycles. The van der Waals surface area contributed by atoms with Gasteiger partial charge >= 0.3 is 0 Å². The Kier molecular flexibility index (Phi) is 3.04. The number of aromatic nitrogens is 3. The van der Waals surface area contributed by atoms with E-state index < -0.39 is 11.6 Å². The van der Waals surface area contributed by atoms with Gasteiger partial charge in [-0.1, -0.05) is 0 Å². The lowest BCUT2D eigenvalue weighted by Gasteiger charge is -2.03. The molecule has 0 N–H and O–H groups in total. The van der Waals surface area contributed by atoms with Crippen molar-refractivity contribution in [3.05, 3.63) is 47.9 Å². The molecule has 2 heterocycles. The molecule has 0 unspecified atom stereocenters. The van der Waals surface area contributed by atoms with E-state index in [0.29, 0.717) is 0 Å². The van der Waals surface area contributed by atoms with E-state index in [0.717, 1.165) is 12.3 Å². The van der Waals surface area contributed by atoms with Gasteiger partial charge in [-0.2, -0.15) is 0 Å². The maximum Gasteiger partial charge on any atom is 0.243 e. The number of methoxy groups -OCH3 is 1. The molecule has 0 bridgehead atoms. The molecule has 0 aromatic carbocycles. The second-order valence-corrected chi connectivity index (χ2v) is 3.11. The summed E-state index contributed by atoms with van der Waals surface area (Å²) in [6.45, 7) is 0. The minimum atomic E-state index is -0.507. The molecule has 17 heavy (non-hydrogen) atoms. The summed E-state index contributed by atoms with van der Waals surface area (Å²) in [5.74, 6) is -0.855. The second-order valence-electron chi connectivity index (χ2n) is 3.11. The van der Waals surface area contributed by atoms with E-state index in [1.54, 1.807) is 0 Å². The molecule has 0 spiro atoms. The van der Waals surface area contributed by atoms with E-state index in [-0.39, 0.29) is 17.3 Å². The van der Waals surface area contributed by atoms with Crippen LogP contribution < -0.4 is 4.74 Å². The topological polar surface area (TPSA) is 65.0 Å². The summed E-state index contributed by atoms with van der Waals surface area (Å²) in [6.07, 6.45) is 3.75. The number of ketones is 1. The molecule has 0 radical (unpaired) electrons. The van der Waals surface area contributed by atoms with Gasteiger partial charge in [0.05, 0.1) is 13.3 Å². The van der Waals surface area contributed by atoms with E-state index in [9.17, 15) is 9.18 Å². The van der Waals surface area contributed by atoms with E-state index in [4.69, 9.17) is 4.74 Å². The van der Waals surface area contributed by atoms with Gasteiger partial charge in [0, 0.05) is 12.4 Å². The molecule has 0 aliphatic carbocycles. The van der Waals surface area contributed by atoms with Crippen LogP contribution in [0.3, 0.4) is 0 Å². The molecule has 0 aliphatic rings. The van der Waals surface area contributed by atoms with E-state index >= 15 is 0 Å². The van der Waals surface area contributed by atoms with E-state index in [1.807, 2.05) is 0 Å². The first-order chi connectivity index (χ1) is 8.22. The van der Waals surface area contributed by atoms with Crippen LogP contribution in [0.4, 0.5) is 4.39 Å². The number of pyridine rings is 1.